The highest BCUT2D eigenvalue weighted by molar-refractivity contribution is 5.38. The van der Waals surface area contributed by atoms with Crippen LogP contribution in [0.4, 0.5) is 0 Å². The number of hydrogen-bond acceptors (Lipinski definition) is 3. The highest BCUT2D eigenvalue weighted by atomic mass is 16.3. The predicted molar refractivity (Wildman–Crippen MR) is 68.0 cm³/mol. The van der Waals surface area contributed by atoms with E-state index in [1.54, 1.807) is 12.1 Å². The Bertz CT molecular complexity index is 401. The zero-order valence-corrected chi connectivity index (χ0v) is 10.5. The Morgan fingerprint density at radius 3 is 2.71 bits per heavy atom. The lowest BCUT2D eigenvalue weighted by Gasteiger charge is -2.28. The molecule has 1 aromatic carbocycles. The summed E-state index contributed by atoms with van der Waals surface area (Å²) in [5, 5.41) is 22.4. The predicted octanol–water partition coefficient (Wildman–Crippen LogP) is 2.77. The fourth-order valence-corrected chi connectivity index (χ4v) is 2.64. The maximum atomic E-state index is 9.70. The van der Waals surface area contributed by atoms with Crippen LogP contribution in [0.15, 0.2) is 18.2 Å². The van der Waals surface area contributed by atoms with E-state index in [0.29, 0.717) is 18.0 Å². The van der Waals surface area contributed by atoms with Gasteiger partial charge in [0.2, 0.25) is 0 Å². The number of benzene rings is 1. The Labute approximate surface area is 102 Å². The highest BCUT2D eigenvalue weighted by Gasteiger charge is 2.33. The van der Waals surface area contributed by atoms with Crippen molar-refractivity contribution in [3.8, 4) is 11.5 Å². The molecule has 0 spiro atoms. The summed E-state index contributed by atoms with van der Waals surface area (Å²) < 4.78 is 0. The second-order valence-corrected chi connectivity index (χ2v) is 5.63. The van der Waals surface area contributed by atoms with Gasteiger partial charge in [0.05, 0.1) is 0 Å². The number of aromatic hydroxyl groups is 2. The van der Waals surface area contributed by atoms with Gasteiger partial charge in [-0.3, -0.25) is 0 Å². The van der Waals surface area contributed by atoms with Crippen molar-refractivity contribution in [2.24, 2.45) is 5.41 Å². The molecule has 2 rings (SSSR count). The van der Waals surface area contributed by atoms with E-state index in [1.807, 2.05) is 0 Å². The molecule has 0 aromatic heterocycles. The molecule has 1 aliphatic rings. The van der Waals surface area contributed by atoms with Crippen molar-refractivity contribution >= 4 is 0 Å². The van der Waals surface area contributed by atoms with Gasteiger partial charge in [-0.25, -0.2) is 0 Å². The first kappa shape index (κ1) is 12.2. The zero-order valence-electron chi connectivity index (χ0n) is 10.5. The molecule has 1 aromatic rings. The van der Waals surface area contributed by atoms with Gasteiger partial charge in [-0.1, -0.05) is 26.3 Å². The molecule has 3 N–H and O–H groups in total. The summed E-state index contributed by atoms with van der Waals surface area (Å²) in [6.07, 6.45) is 3.73. The average molecular weight is 235 g/mol. The fraction of sp³-hybridized carbons (Fsp3) is 0.571. The van der Waals surface area contributed by atoms with Crippen LogP contribution in [-0.4, -0.2) is 16.3 Å². The largest absolute Gasteiger partial charge is 0.508 e. The first-order valence-electron chi connectivity index (χ1n) is 6.23. The van der Waals surface area contributed by atoms with Crippen molar-refractivity contribution in [3.05, 3.63) is 23.8 Å². The van der Waals surface area contributed by atoms with Gasteiger partial charge in [-0.05, 0) is 24.3 Å². The second kappa shape index (κ2) is 4.57. The summed E-state index contributed by atoms with van der Waals surface area (Å²) in [6.45, 7) is 5.23. The van der Waals surface area contributed by atoms with Crippen LogP contribution in [-0.2, 0) is 6.54 Å². The number of nitrogens with one attached hydrogen (secondary N) is 1. The summed E-state index contributed by atoms with van der Waals surface area (Å²) in [4.78, 5) is 0. The van der Waals surface area contributed by atoms with Crippen LogP contribution in [0.5, 0.6) is 11.5 Å². The monoisotopic (exact) mass is 235 g/mol. The minimum Gasteiger partial charge on any atom is -0.508 e. The zero-order chi connectivity index (χ0) is 12.5. The third kappa shape index (κ3) is 2.72. The first-order valence-corrected chi connectivity index (χ1v) is 6.23. The van der Waals surface area contributed by atoms with Gasteiger partial charge in [-0.15, -0.1) is 0 Å². The smallest absolute Gasteiger partial charge is 0.123 e. The molecule has 94 valence electrons. The van der Waals surface area contributed by atoms with Crippen molar-refractivity contribution in [2.45, 2.75) is 45.7 Å². The highest BCUT2D eigenvalue weighted by Crippen LogP contribution is 2.37. The van der Waals surface area contributed by atoms with E-state index in [1.165, 1.54) is 25.3 Å². The molecule has 3 nitrogen and oxygen atoms in total. The van der Waals surface area contributed by atoms with E-state index >= 15 is 0 Å². The van der Waals surface area contributed by atoms with Gasteiger partial charge in [0.25, 0.3) is 0 Å². The third-order valence-corrected chi connectivity index (χ3v) is 3.87. The SMILES string of the molecule is CC1(C)CCCC1NCc1ccc(O)cc1O. The maximum absolute atomic E-state index is 9.70. The van der Waals surface area contributed by atoms with Crippen molar-refractivity contribution in [1.82, 2.24) is 5.32 Å². The van der Waals surface area contributed by atoms with Crippen molar-refractivity contribution in [1.29, 1.82) is 0 Å². The van der Waals surface area contributed by atoms with Crippen LogP contribution >= 0.6 is 0 Å². The summed E-state index contributed by atoms with van der Waals surface area (Å²) >= 11 is 0. The number of rotatable bonds is 3. The molecule has 0 saturated heterocycles. The van der Waals surface area contributed by atoms with E-state index in [0.717, 1.165) is 5.56 Å². The molecule has 1 fully saturated rings. The van der Waals surface area contributed by atoms with Crippen LogP contribution in [0, 0.1) is 5.41 Å². The summed E-state index contributed by atoms with van der Waals surface area (Å²) in [5.74, 6) is 0.265. The van der Waals surface area contributed by atoms with Crippen LogP contribution in [0.3, 0.4) is 0 Å². The van der Waals surface area contributed by atoms with E-state index in [9.17, 15) is 10.2 Å². The average Bonchev–Trinajstić information content (AvgIpc) is 2.57. The minimum atomic E-state index is 0.104. The Morgan fingerprint density at radius 1 is 1.35 bits per heavy atom. The van der Waals surface area contributed by atoms with Crippen LogP contribution in [0.25, 0.3) is 0 Å². The van der Waals surface area contributed by atoms with E-state index < -0.39 is 0 Å². The van der Waals surface area contributed by atoms with Gasteiger partial charge >= 0.3 is 0 Å². The lowest BCUT2D eigenvalue weighted by Crippen LogP contribution is -2.37. The maximum Gasteiger partial charge on any atom is 0.123 e. The van der Waals surface area contributed by atoms with Crippen molar-refractivity contribution in [3.63, 3.8) is 0 Å². The Morgan fingerprint density at radius 2 is 2.12 bits per heavy atom. The van der Waals surface area contributed by atoms with Crippen molar-refractivity contribution in [2.75, 3.05) is 0 Å². The van der Waals surface area contributed by atoms with Crippen LogP contribution < -0.4 is 5.32 Å². The molecule has 1 saturated carbocycles. The second-order valence-electron chi connectivity index (χ2n) is 5.63. The molecule has 1 aliphatic carbocycles. The molecular weight excluding hydrogens is 214 g/mol. The molecule has 1 atom stereocenters. The van der Waals surface area contributed by atoms with Gasteiger partial charge < -0.3 is 15.5 Å². The third-order valence-electron chi connectivity index (χ3n) is 3.87. The Hall–Kier alpha value is -1.22. The van der Waals surface area contributed by atoms with E-state index in [4.69, 9.17) is 0 Å². The Balaban J connectivity index is 1.98. The van der Waals surface area contributed by atoms with Gasteiger partial charge in [0.15, 0.2) is 0 Å². The molecule has 1 unspecified atom stereocenters. The number of hydrogen-bond donors (Lipinski definition) is 3. The van der Waals surface area contributed by atoms with Gasteiger partial charge in [-0.2, -0.15) is 0 Å². The lowest BCUT2D eigenvalue weighted by atomic mass is 9.87. The summed E-state index contributed by atoms with van der Waals surface area (Å²) in [6, 6.07) is 5.27. The van der Waals surface area contributed by atoms with E-state index in [2.05, 4.69) is 19.2 Å². The van der Waals surface area contributed by atoms with Gasteiger partial charge in [0.1, 0.15) is 11.5 Å². The molecule has 0 bridgehead atoms. The van der Waals surface area contributed by atoms with Gasteiger partial charge in [0, 0.05) is 24.2 Å². The number of phenols is 2. The summed E-state index contributed by atoms with van der Waals surface area (Å²) in [5.41, 5.74) is 1.18. The minimum absolute atomic E-state index is 0.104. The molecule has 17 heavy (non-hydrogen) atoms. The normalized spacial score (nSPS) is 22.8. The number of phenolic OH excluding ortho intramolecular Hbond substituents is 2. The molecule has 0 aliphatic heterocycles. The molecule has 0 heterocycles. The Kier molecular flexibility index (Phi) is 3.29. The fourth-order valence-electron chi connectivity index (χ4n) is 2.64. The van der Waals surface area contributed by atoms with Crippen molar-refractivity contribution < 1.29 is 10.2 Å². The molecule has 0 radical (unpaired) electrons. The first-order chi connectivity index (χ1) is 7.99. The molecule has 3 heteroatoms. The summed E-state index contributed by atoms with van der Waals surface area (Å²) in [7, 11) is 0. The molecular formula is C14H21NO2. The van der Waals surface area contributed by atoms with E-state index in [-0.39, 0.29) is 11.5 Å². The lowest BCUT2D eigenvalue weighted by molar-refractivity contribution is 0.281. The standard InChI is InChI=1S/C14H21NO2/c1-14(2)7-3-4-13(14)15-9-10-5-6-11(16)8-12(10)17/h5-6,8,13,15-17H,3-4,7,9H2,1-2H3. The molecule has 0 amide bonds. The topological polar surface area (TPSA) is 52.5 Å². The van der Waals surface area contributed by atoms with Crippen LogP contribution in [0.1, 0.15) is 38.7 Å². The quantitative estimate of drug-likeness (QED) is 0.755. The van der Waals surface area contributed by atoms with Crippen LogP contribution in [0.2, 0.25) is 0 Å².